The predicted molar refractivity (Wildman–Crippen MR) is 112 cm³/mol. The quantitative estimate of drug-likeness (QED) is 0.504. The lowest BCUT2D eigenvalue weighted by atomic mass is 10.2. The molecule has 0 saturated carbocycles. The van der Waals surface area contributed by atoms with E-state index in [0.29, 0.717) is 42.0 Å². The number of hydrogen-bond acceptors (Lipinski definition) is 6. The summed E-state index contributed by atoms with van der Waals surface area (Å²) in [4.78, 5) is 27.6. The second-order valence-electron chi connectivity index (χ2n) is 6.55. The van der Waals surface area contributed by atoms with Gasteiger partial charge in [-0.3, -0.25) is 4.79 Å². The van der Waals surface area contributed by atoms with E-state index in [2.05, 4.69) is 17.2 Å². The fourth-order valence-corrected chi connectivity index (χ4v) is 3.61. The Balaban J connectivity index is 1.93. The molecule has 2 aromatic rings. The Morgan fingerprint density at radius 3 is 2.62 bits per heavy atom. The van der Waals surface area contributed by atoms with Crippen LogP contribution in [-0.2, 0) is 17.8 Å². The van der Waals surface area contributed by atoms with Crippen molar-refractivity contribution in [1.82, 2.24) is 10.3 Å². The number of ether oxygens (including phenoxy) is 2. The molecule has 0 aliphatic rings. The van der Waals surface area contributed by atoms with E-state index in [1.165, 1.54) is 0 Å². The van der Waals surface area contributed by atoms with Crippen LogP contribution in [0.1, 0.15) is 59.0 Å². The Hall–Kier alpha value is -2.61. The van der Waals surface area contributed by atoms with Gasteiger partial charge < -0.3 is 19.9 Å². The number of thiazole rings is 1. The number of unbranched alkanes of at least 4 members (excludes halogenated alkanes) is 2. The smallest absolute Gasteiger partial charge is 0.347 e. The summed E-state index contributed by atoms with van der Waals surface area (Å²) >= 11 is 1.03. The lowest BCUT2D eigenvalue weighted by molar-refractivity contribution is -0.120. The fraction of sp³-hybridized carbons (Fsp3) is 0.476. The molecule has 0 radical (unpaired) electrons. The number of carbonyl (C=O) groups excluding carboxylic acids is 1. The van der Waals surface area contributed by atoms with Gasteiger partial charge in [0.15, 0.2) is 11.5 Å². The highest BCUT2D eigenvalue weighted by Crippen LogP contribution is 2.29. The molecule has 0 aliphatic carbocycles. The van der Waals surface area contributed by atoms with Crippen molar-refractivity contribution in [3.05, 3.63) is 39.3 Å². The van der Waals surface area contributed by atoms with Crippen molar-refractivity contribution in [1.29, 1.82) is 0 Å². The Labute approximate surface area is 175 Å². The topological polar surface area (TPSA) is 97.8 Å². The third-order valence-corrected chi connectivity index (χ3v) is 5.30. The molecule has 0 aliphatic heterocycles. The van der Waals surface area contributed by atoms with Gasteiger partial charge in [-0.1, -0.05) is 25.8 Å². The van der Waals surface area contributed by atoms with Gasteiger partial charge in [0.2, 0.25) is 5.91 Å². The molecule has 1 heterocycles. The van der Waals surface area contributed by atoms with E-state index in [9.17, 15) is 9.59 Å². The molecule has 0 unspecified atom stereocenters. The van der Waals surface area contributed by atoms with Crippen molar-refractivity contribution < 1.29 is 24.2 Å². The highest BCUT2D eigenvalue weighted by Gasteiger charge is 2.16. The number of aryl methyl sites for hydroxylation is 1. The number of amides is 1. The SMILES string of the molecule is CCCCCOc1ccc(CNC(=O)Cc2nc(C)c(C(=O)O)s2)cc1OCC. The Bertz CT molecular complexity index is 834. The Morgan fingerprint density at radius 1 is 1.17 bits per heavy atom. The van der Waals surface area contributed by atoms with Crippen molar-refractivity contribution in [2.75, 3.05) is 13.2 Å². The summed E-state index contributed by atoms with van der Waals surface area (Å²) in [5.41, 5.74) is 1.32. The van der Waals surface area contributed by atoms with Gasteiger partial charge in [-0.2, -0.15) is 0 Å². The maximum atomic E-state index is 12.2. The van der Waals surface area contributed by atoms with E-state index in [0.717, 1.165) is 36.2 Å². The second kappa shape index (κ2) is 11.4. The Morgan fingerprint density at radius 2 is 1.97 bits per heavy atom. The molecular weight excluding hydrogens is 392 g/mol. The summed E-state index contributed by atoms with van der Waals surface area (Å²) in [6.07, 6.45) is 3.31. The summed E-state index contributed by atoms with van der Waals surface area (Å²) in [7, 11) is 0. The Kier molecular flexibility index (Phi) is 8.92. The van der Waals surface area contributed by atoms with E-state index >= 15 is 0 Å². The summed E-state index contributed by atoms with van der Waals surface area (Å²) in [5.74, 6) is 0.135. The standard InChI is InChI=1S/C21H28N2O5S/c1-4-6-7-10-28-16-9-8-15(11-17(16)27-5-2)13-22-18(24)12-19-23-14(3)20(29-19)21(25)26/h8-9,11H,4-7,10,12-13H2,1-3H3,(H,22,24)(H,25,26). The molecular formula is C21H28N2O5S. The molecule has 0 saturated heterocycles. The zero-order chi connectivity index (χ0) is 21.2. The first kappa shape index (κ1) is 22.7. The van der Waals surface area contributed by atoms with Gasteiger partial charge >= 0.3 is 5.97 Å². The highest BCUT2D eigenvalue weighted by molar-refractivity contribution is 7.13. The summed E-state index contributed by atoms with van der Waals surface area (Å²) in [6, 6.07) is 5.63. The van der Waals surface area contributed by atoms with Crippen LogP contribution in [-0.4, -0.2) is 35.2 Å². The van der Waals surface area contributed by atoms with Crippen LogP contribution in [0.5, 0.6) is 11.5 Å². The van der Waals surface area contributed by atoms with Crippen LogP contribution in [0.15, 0.2) is 18.2 Å². The molecule has 0 fully saturated rings. The van der Waals surface area contributed by atoms with E-state index in [4.69, 9.17) is 14.6 Å². The molecule has 0 spiro atoms. The van der Waals surface area contributed by atoms with Gasteiger partial charge in [0.1, 0.15) is 9.88 Å². The number of hydrogen-bond donors (Lipinski definition) is 2. The number of carbonyl (C=O) groups is 2. The first-order valence-electron chi connectivity index (χ1n) is 9.79. The summed E-state index contributed by atoms with van der Waals surface area (Å²) in [6.45, 7) is 7.20. The molecule has 1 amide bonds. The van der Waals surface area contributed by atoms with Crippen LogP contribution in [0.4, 0.5) is 0 Å². The second-order valence-corrected chi connectivity index (χ2v) is 7.63. The van der Waals surface area contributed by atoms with Gasteiger partial charge in [0.05, 0.1) is 25.3 Å². The molecule has 0 bridgehead atoms. The maximum absolute atomic E-state index is 12.2. The normalized spacial score (nSPS) is 10.6. The number of carboxylic acids is 1. The molecule has 158 valence electrons. The third kappa shape index (κ3) is 7.05. The summed E-state index contributed by atoms with van der Waals surface area (Å²) in [5, 5.41) is 12.4. The number of aromatic carboxylic acids is 1. The van der Waals surface area contributed by atoms with Crippen LogP contribution in [0.25, 0.3) is 0 Å². The molecule has 1 aromatic heterocycles. The first-order chi connectivity index (χ1) is 13.9. The molecule has 2 rings (SSSR count). The molecule has 1 aromatic carbocycles. The molecule has 29 heavy (non-hydrogen) atoms. The van der Waals surface area contributed by atoms with Crippen LogP contribution in [0.3, 0.4) is 0 Å². The van der Waals surface area contributed by atoms with Gasteiger partial charge in [-0.15, -0.1) is 11.3 Å². The number of carboxylic acid groups (broad SMARTS) is 1. The predicted octanol–water partition coefficient (Wildman–Crippen LogP) is 3.98. The highest BCUT2D eigenvalue weighted by atomic mass is 32.1. The van der Waals surface area contributed by atoms with Gasteiger partial charge in [-0.05, 0) is 38.0 Å². The number of aromatic nitrogens is 1. The van der Waals surface area contributed by atoms with Crippen LogP contribution >= 0.6 is 11.3 Å². The third-order valence-electron chi connectivity index (χ3n) is 4.15. The van der Waals surface area contributed by atoms with Crippen molar-refractivity contribution in [2.45, 2.75) is 53.0 Å². The minimum Gasteiger partial charge on any atom is -0.490 e. The first-order valence-corrected chi connectivity index (χ1v) is 10.6. The van der Waals surface area contributed by atoms with Crippen molar-refractivity contribution in [2.24, 2.45) is 0 Å². The molecule has 2 N–H and O–H groups in total. The van der Waals surface area contributed by atoms with E-state index in [1.54, 1.807) is 6.92 Å². The zero-order valence-corrected chi connectivity index (χ0v) is 17.9. The van der Waals surface area contributed by atoms with Crippen LogP contribution in [0.2, 0.25) is 0 Å². The minimum atomic E-state index is -1.02. The maximum Gasteiger partial charge on any atom is 0.347 e. The minimum absolute atomic E-state index is 0.0513. The van der Waals surface area contributed by atoms with Gasteiger partial charge in [0.25, 0.3) is 0 Å². The number of rotatable bonds is 12. The molecule has 7 nitrogen and oxygen atoms in total. The van der Waals surface area contributed by atoms with Crippen molar-refractivity contribution in [3.8, 4) is 11.5 Å². The van der Waals surface area contributed by atoms with E-state index in [-0.39, 0.29) is 17.2 Å². The van der Waals surface area contributed by atoms with E-state index in [1.807, 2.05) is 25.1 Å². The largest absolute Gasteiger partial charge is 0.490 e. The monoisotopic (exact) mass is 420 g/mol. The molecule has 0 atom stereocenters. The average molecular weight is 421 g/mol. The average Bonchev–Trinajstić information content (AvgIpc) is 3.05. The van der Waals surface area contributed by atoms with Crippen LogP contribution in [0, 0.1) is 6.92 Å². The number of benzene rings is 1. The van der Waals surface area contributed by atoms with Crippen LogP contribution < -0.4 is 14.8 Å². The lowest BCUT2D eigenvalue weighted by Crippen LogP contribution is -2.24. The summed E-state index contributed by atoms with van der Waals surface area (Å²) < 4.78 is 11.5. The zero-order valence-electron chi connectivity index (χ0n) is 17.1. The molecule has 8 heteroatoms. The lowest BCUT2D eigenvalue weighted by Gasteiger charge is -2.13. The fourth-order valence-electron chi connectivity index (χ4n) is 2.71. The van der Waals surface area contributed by atoms with Crippen molar-refractivity contribution in [3.63, 3.8) is 0 Å². The van der Waals surface area contributed by atoms with Crippen molar-refractivity contribution >= 4 is 23.2 Å². The van der Waals surface area contributed by atoms with Gasteiger partial charge in [-0.25, -0.2) is 9.78 Å². The van der Waals surface area contributed by atoms with E-state index < -0.39 is 5.97 Å². The number of nitrogens with zero attached hydrogens (tertiary/aromatic N) is 1. The van der Waals surface area contributed by atoms with Gasteiger partial charge in [0, 0.05) is 6.54 Å². The number of nitrogens with one attached hydrogen (secondary N) is 1.